The largest absolute Gasteiger partial charge is 0.398 e. The van der Waals surface area contributed by atoms with Gasteiger partial charge in [-0.25, -0.2) is 9.97 Å². The lowest BCUT2D eigenvalue weighted by atomic mass is 9.93. The van der Waals surface area contributed by atoms with E-state index in [9.17, 15) is 18.0 Å². The third-order valence-electron chi connectivity index (χ3n) is 5.09. The van der Waals surface area contributed by atoms with Crippen LogP contribution in [0.3, 0.4) is 0 Å². The van der Waals surface area contributed by atoms with Crippen LogP contribution in [0.25, 0.3) is 5.95 Å². The molecule has 162 valence electrons. The standard InChI is InChI=1S/C19H15BrClF3N6O/c1-10(14-28-16(21)29-30(14)17-25-5-2-6-26-17)27-15(31)11-7-12(9-13(20)8-11)18(3-4-18)19(22,23)24/h2,5-10H,3-4H2,1H3,(H,27,31). The first-order chi connectivity index (χ1) is 14.6. The van der Waals surface area contributed by atoms with E-state index < -0.39 is 23.5 Å². The Morgan fingerprint density at radius 1 is 1.26 bits per heavy atom. The minimum absolute atomic E-state index is 0.00307. The quantitative estimate of drug-likeness (QED) is 0.539. The van der Waals surface area contributed by atoms with Crippen molar-refractivity contribution in [2.75, 3.05) is 0 Å². The number of aromatic nitrogens is 5. The van der Waals surface area contributed by atoms with Crippen LogP contribution in [0.2, 0.25) is 5.28 Å². The van der Waals surface area contributed by atoms with Crippen molar-refractivity contribution in [1.29, 1.82) is 0 Å². The van der Waals surface area contributed by atoms with Crippen LogP contribution in [0, 0.1) is 0 Å². The number of amides is 1. The van der Waals surface area contributed by atoms with Gasteiger partial charge in [0, 0.05) is 22.4 Å². The number of halogens is 5. The summed E-state index contributed by atoms with van der Waals surface area (Å²) >= 11 is 9.15. The van der Waals surface area contributed by atoms with Gasteiger partial charge in [-0.05, 0) is 61.2 Å². The Kier molecular flexibility index (Phi) is 5.50. The van der Waals surface area contributed by atoms with Crippen molar-refractivity contribution in [3.05, 3.63) is 63.4 Å². The van der Waals surface area contributed by atoms with Crippen LogP contribution in [0.4, 0.5) is 13.2 Å². The molecule has 1 aromatic carbocycles. The summed E-state index contributed by atoms with van der Waals surface area (Å²) in [6, 6.07) is 5.10. The molecule has 12 heteroatoms. The van der Waals surface area contributed by atoms with Gasteiger partial charge in [-0.15, -0.1) is 5.10 Å². The van der Waals surface area contributed by atoms with Crippen molar-refractivity contribution in [1.82, 2.24) is 30.0 Å². The molecular weight excluding hydrogens is 501 g/mol. The van der Waals surface area contributed by atoms with Gasteiger partial charge in [0.25, 0.3) is 11.9 Å². The van der Waals surface area contributed by atoms with Crippen LogP contribution in [-0.2, 0) is 5.41 Å². The number of hydrogen-bond donors (Lipinski definition) is 1. The Bertz CT molecular complexity index is 1130. The van der Waals surface area contributed by atoms with Gasteiger partial charge in [-0.2, -0.15) is 22.8 Å². The summed E-state index contributed by atoms with van der Waals surface area (Å²) in [5, 5.41) is 6.70. The number of nitrogens with one attached hydrogen (secondary N) is 1. The molecule has 0 radical (unpaired) electrons. The van der Waals surface area contributed by atoms with Crippen molar-refractivity contribution < 1.29 is 18.0 Å². The van der Waals surface area contributed by atoms with E-state index in [-0.39, 0.29) is 41.0 Å². The predicted octanol–water partition coefficient (Wildman–Crippen LogP) is 4.56. The molecule has 1 saturated carbocycles. The molecule has 4 rings (SSSR count). The van der Waals surface area contributed by atoms with Gasteiger partial charge in [0.1, 0.15) is 0 Å². The first kappa shape index (κ1) is 21.7. The van der Waals surface area contributed by atoms with Crippen LogP contribution in [0.15, 0.2) is 41.1 Å². The van der Waals surface area contributed by atoms with E-state index in [4.69, 9.17) is 11.6 Å². The van der Waals surface area contributed by atoms with Gasteiger partial charge in [0.2, 0.25) is 5.28 Å². The summed E-state index contributed by atoms with van der Waals surface area (Å²) in [7, 11) is 0. The Balaban J connectivity index is 1.60. The lowest BCUT2D eigenvalue weighted by Crippen LogP contribution is -2.31. The molecule has 31 heavy (non-hydrogen) atoms. The molecule has 0 aliphatic heterocycles. The van der Waals surface area contributed by atoms with Crippen molar-refractivity contribution in [3.63, 3.8) is 0 Å². The average Bonchev–Trinajstić information content (AvgIpc) is 3.45. The van der Waals surface area contributed by atoms with Crippen molar-refractivity contribution >= 4 is 33.4 Å². The first-order valence-electron chi connectivity index (χ1n) is 9.19. The molecule has 2 heterocycles. The predicted molar refractivity (Wildman–Crippen MR) is 109 cm³/mol. The molecule has 0 saturated heterocycles. The summed E-state index contributed by atoms with van der Waals surface area (Å²) in [6.45, 7) is 1.65. The van der Waals surface area contributed by atoms with E-state index in [1.54, 1.807) is 13.0 Å². The summed E-state index contributed by atoms with van der Waals surface area (Å²) in [6.07, 6.45) is -1.34. The van der Waals surface area contributed by atoms with Crippen molar-refractivity contribution in [3.8, 4) is 5.95 Å². The summed E-state index contributed by atoms with van der Waals surface area (Å²) in [5.74, 6) is -0.0787. The maximum Gasteiger partial charge on any atom is 0.398 e. The van der Waals surface area contributed by atoms with Gasteiger partial charge in [-0.3, -0.25) is 4.79 Å². The smallest absolute Gasteiger partial charge is 0.342 e. The van der Waals surface area contributed by atoms with Crippen LogP contribution in [0.5, 0.6) is 0 Å². The number of benzene rings is 1. The Hall–Kier alpha value is -2.53. The fourth-order valence-electron chi connectivity index (χ4n) is 3.33. The highest BCUT2D eigenvalue weighted by Crippen LogP contribution is 2.59. The van der Waals surface area contributed by atoms with Crippen LogP contribution in [0.1, 0.15) is 47.6 Å². The minimum atomic E-state index is -4.38. The lowest BCUT2D eigenvalue weighted by molar-refractivity contribution is -0.160. The molecule has 1 atom stereocenters. The summed E-state index contributed by atoms with van der Waals surface area (Å²) in [4.78, 5) is 25.1. The molecule has 7 nitrogen and oxygen atoms in total. The van der Waals surface area contributed by atoms with Gasteiger partial charge >= 0.3 is 6.18 Å². The molecule has 3 aromatic rings. The van der Waals surface area contributed by atoms with Crippen LogP contribution < -0.4 is 5.32 Å². The third-order valence-corrected chi connectivity index (χ3v) is 5.71. The topological polar surface area (TPSA) is 85.6 Å². The molecular formula is C19H15BrClF3N6O. The lowest BCUT2D eigenvalue weighted by Gasteiger charge is -2.21. The normalized spacial score (nSPS) is 16.1. The molecule has 1 N–H and O–H groups in total. The van der Waals surface area contributed by atoms with E-state index in [1.165, 1.54) is 35.3 Å². The third kappa shape index (κ3) is 4.16. The maximum atomic E-state index is 13.5. The Morgan fingerprint density at radius 3 is 2.55 bits per heavy atom. The first-order valence-corrected chi connectivity index (χ1v) is 10.4. The fraction of sp³-hybridized carbons (Fsp3) is 0.316. The highest BCUT2D eigenvalue weighted by molar-refractivity contribution is 9.10. The molecule has 1 amide bonds. The molecule has 1 aliphatic carbocycles. The molecule has 0 spiro atoms. The number of carbonyl (C=O) groups is 1. The number of alkyl halides is 3. The SMILES string of the molecule is CC(NC(=O)c1cc(Br)cc(C2(C(F)(F)F)CC2)c1)c1nc(Cl)nn1-c1ncccn1. The summed E-state index contributed by atoms with van der Waals surface area (Å²) in [5.41, 5.74) is -1.73. The Labute approximate surface area is 188 Å². The van der Waals surface area contributed by atoms with Gasteiger partial charge in [0.05, 0.1) is 11.5 Å². The van der Waals surface area contributed by atoms with E-state index >= 15 is 0 Å². The number of rotatable bonds is 5. The zero-order valence-electron chi connectivity index (χ0n) is 16.0. The van der Waals surface area contributed by atoms with Gasteiger partial charge < -0.3 is 5.32 Å². The highest BCUT2D eigenvalue weighted by atomic mass is 79.9. The van der Waals surface area contributed by atoms with Gasteiger partial charge in [0.15, 0.2) is 5.82 Å². The zero-order chi connectivity index (χ0) is 22.4. The molecule has 1 fully saturated rings. The van der Waals surface area contributed by atoms with Crippen molar-refractivity contribution in [2.45, 2.75) is 37.4 Å². The maximum absolute atomic E-state index is 13.5. The second-order valence-electron chi connectivity index (χ2n) is 7.20. The molecule has 1 aliphatic rings. The fourth-order valence-corrected chi connectivity index (χ4v) is 3.98. The molecule has 0 bridgehead atoms. The van der Waals surface area contributed by atoms with Crippen LogP contribution in [-0.4, -0.2) is 36.8 Å². The number of hydrogen-bond acceptors (Lipinski definition) is 5. The van der Waals surface area contributed by atoms with Crippen molar-refractivity contribution in [2.24, 2.45) is 0 Å². The van der Waals surface area contributed by atoms with E-state index in [0.29, 0.717) is 4.47 Å². The minimum Gasteiger partial charge on any atom is -0.342 e. The highest BCUT2D eigenvalue weighted by Gasteiger charge is 2.64. The zero-order valence-corrected chi connectivity index (χ0v) is 18.3. The second-order valence-corrected chi connectivity index (χ2v) is 8.46. The monoisotopic (exact) mass is 514 g/mol. The van der Waals surface area contributed by atoms with E-state index in [0.717, 1.165) is 0 Å². The van der Waals surface area contributed by atoms with E-state index in [1.807, 2.05) is 0 Å². The average molecular weight is 516 g/mol. The van der Waals surface area contributed by atoms with E-state index in [2.05, 4.69) is 41.3 Å². The van der Waals surface area contributed by atoms with Crippen LogP contribution >= 0.6 is 27.5 Å². The summed E-state index contributed by atoms with van der Waals surface area (Å²) < 4.78 is 42.3. The Morgan fingerprint density at radius 2 is 1.94 bits per heavy atom. The molecule has 2 aromatic heterocycles. The molecule has 1 unspecified atom stereocenters. The van der Waals surface area contributed by atoms with Gasteiger partial charge in [-0.1, -0.05) is 15.9 Å². The number of nitrogens with zero attached hydrogens (tertiary/aromatic N) is 5. The number of carbonyl (C=O) groups excluding carboxylic acids is 1. The second kappa shape index (κ2) is 7.86.